The van der Waals surface area contributed by atoms with Gasteiger partial charge in [0.2, 0.25) is 11.8 Å². The maximum Gasteiger partial charge on any atom is 0.254 e. The van der Waals surface area contributed by atoms with Crippen LogP contribution in [0.1, 0.15) is 19.8 Å². The second kappa shape index (κ2) is 7.13. The fourth-order valence-corrected chi connectivity index (χ4v) is 1.71. The van der Waals surface area contributed by atoms with E-state index in [1.54, 1.807) is 13.0 Å². The largest absolute Gasteiger partial charge is 0.340 e. The van der Waals surface area contributed by atoms with Crippen LogP contribution < -0.4 is 10.6 Å². The molecule has 1 atom stereocenters. The molecule has 0 aromatic rings. The van der Waals surface area contributed by atoms with Gasteiger partial charge in [-0.15, -0.1) is 4.91 Å². The molecule has 0 bridgehead atoms. The molecule has 0 radical (unpaired) electrons. The van der Waals surface area contributed by atoms with Crippen molar-refractivity contribution in [2.75, 3.05) is 0 Å². The Morgan fingerprint density at radius 3 is 2.70 bits per heavy atom. The van der Waals surface area contributed by atoms with Crippen LogP contribution in [0.25, 0.3) is 0 Å². The van der Waals surface area contributed by atoms with Crippen molar-refractivity contribution in [3.05, 3.63) is 41.0 Å². The van der Waals surface area contributed by atoms with E-state index < -0.39 is 17.9 Å². The van der Waals surface area contributed by atoms with Crippen LogP contribution in [0.2, 0.25) is 0 Å². The standard InChI is InChI=1S/C13H15N3O4/c1-3-5-9(16-20)8(4-2)12(18)14-10-6-7-11(17)15-13(10)19/h3-5,10H,2,6-7H2,1H3,(H,14,18)(H,15,17,19)/b5-3-,9-8-. The Hall–Kier alpha value is -2.57. The maximum absolute atomic E-state index is 12.0. The quantitative estimate of drug-likeness (QED) is 0.334. The Morgan fingerprint density at radius 1 is 1.50 bits per heavy atom. The topological polar surface area (TPSA) is 105 Å². The number of amides is 3. The predicted molar refractivity (Wildman–Crippen MR) is 72.1 cm³/mol. The average Bonchev–Trinajstić information content (AvgIpc) is 2.41. The van der Waals surface area contributed by atoms with E-state index in [9.17, 15) is 19.3 Å². The number of allylic oxidation sites excluding steroid dienone is 2. The molecular formula is C13H15N3O4. The number of hydrogen-bond donors (Lipinski definition) is 2. The molecule has 0 saturated carbocycles. The van der Waals surface area contributed by atoms with Crippen molar-refractivity contribution in [2.24, 2.45) is 5.18 Å². The first-order chi connectivity index (χ1) is 9.53. The van der Waals surface area contributed by atoms with E-state index >= 15 is 0 Å². The SMILES string of the molecule is C=C/C(C(=O)NC1CCC(=O)NC1=O)=C(\C=C/C)N=O. The van der Waals surface area contributed by atoms with Gasteiger partial charge in [-0.3, -0.25) is 19.7 Å². The van der Waals surface area contributed by atoms with Crippen LogP contribution in [0, 0.1) is 4.91 Å². The van der Waals surface area contributed by atoms with E-state index in [2.05, 4.69) is 22.4 Å². The van der Waals surface area contributed by atoms with Crippen molar-refractivity contribution < 1.29 is 14.4 Å². The zero-order chi connectivity index (χ0) is 15.1. The summed E-state index contributed by atoms with van der Waals surface area (Å²) in [4.78, 5) is 45.2. The molecule has 0 aromatic heterocycles. The molecule has 1 heterocycles. The molecule has 1 fully saturated rings. The molecule has 7 nitrogen and oxygen atoms in total. The fraction of sp³-hybridized carbons (Fsp3) is 0.308. The summed E-state index contributed by atoms with van der Waals surface area (Å²) in [5.74, 6) is -1.57. The normalized spacial score (nSPS) is 20.1. The number of piperidine rings is 1. The van der Waals surface area contributed by atoms with Gasteiger partial charge in [-0.2, -0.15) is 0 Å². The van der Waals surface area contributed by atoms with Crippen molar-refractivity contribution in [1.82, 2.24) is 10.6 Å². The van der Waals surface area contributed by atoms with Crippen LogP contribution in [0.4, 0.5) is 0 Å². The van der Waals surface area contributed by atoms with Crippen molar-refractivity contribution in [3.8, 4) is 0 Å². The van der Waals surface area contributed by atoms with Gasteiger partial charge in [0.15, 0.2) is 0 Å². The second-order valence-electron chi connectivity index (χ2n) is 4.07. The summed E-state index contributed by atoms with van der Waals surface area (Å²) >= 11 is 0. The van der Waals surface area contributed by atoms with Crippen molar-refractivity contribution in [3.63, 3.8) is 0 Å². The van der Waals surface area contributed by atoms with Crippen molar-refractivity contribution in [1.29, 1.82) is 0 Å². The molecule has 7 heteroatoms. The summed E-state index contributed by atoms with van der Waals surface area (Å²) in [7, 11) is 0. The maximum atomic E-state index is 12.0. The molecule has 1 saturated heterocycles. The van der Waals surface area contributed by atoms with Gasteiger partial charge >= 0.3 is 0 Å². The van der Waals surface area contributed by atoms with Gasteiger partial charge in [0.25, 0.3) is 5.91 Å². The van der Waals surface area contributed by atoms with Gasteiger partial charge in [-0.25, -0.2) is 0 Å². The fourth-order valence-electron chi connectivity index (χ4n) is 1.71. The van der Waals surface area contributed by atoms with Gasteiger partial charge in [0, 0.05) is 6.42 Å². The number of nitrogens with zero attached hydrogens (tertiary/aromatic N) is 1. The van der Waals surface area contributed by atoms with E-state index in [0.29, 0.717) is 0 Å². The Balaban J connectivity index is 2.88. The average molecular weight is 277 g/mol. The number of imide groups is 1. The van der Waals surface area contributed by atoms with Crippen molar-refractivity contribution >= 4 is 17.7 Å². The molecule has 0 spiro atoms. The second-order valence-corrected chi connectivity index (χ2v) is 4.07. The first-order valence-corrected chi connectivity index (χ1v) is 6.00. The summed E-state index contributed by atoms with van der Waals surface area (Å²) in [5, 5.41) is 7.32. The summed E-state index contributed by atoms with van der Waals surface area (Å²) in [6.45, 7) is 5.12. The van der Waals surface area contributed by atoms with Gasteiger partial charge in [0.1, 0.15) is 11.7 Å². The number of carbonyl (C=O) groups excluding carboxylic acids is 3. The number of carbonyl (C=O) groups is 3. The molecule has 2 N–H and O–H groups in total. The van der Waals surface area contributed by atoms with Crippen LogP contribution in [0.3, 0.4) is 0 Å². The monoisotopic (exact) mass is 277 g/mol. The lowest BCUT2D eigenvalue weighted by atomic mass is 10.1. The van der Waals surface area contributed by atoms with E-state index in [1.807, 2.05) is 0 Å². The van der Waals surface area contributed by atoms with Gasteiger partial charge in [-0.1, -0.05) is 18.7 Å². The van der Waals surface area contributed by atoms with E-state index in [4.69, 9.17) is 0 Å². The van der Waals surface area contributed by atoms with E-state index in [-0.39, 0.29) is 30.0 Å². The molecule has 1 rings (SSSR count). The predicted octanol–water partition coefficient (Wildman–Crippen LogP) is 0.690. The molecule has 0 aliphatic carbocycles. The highest BCUT2D eigenvalue weighted by Gasteiger charge is 2.28. The minimum Gasteiger partial charge on any atom is -0.340 e. The van der Waals surface area contributed by atoms with E-state index in [0.717, 1.165) is 0 Å². The highest BCUT2D eigenvalue weighted by atomic mass is 16.3. The third-order valence-corrected chi connectivity index (χ3v) is 2.69. The lowest BCUT2D eigenvalue weighted by molar-refractivity contribution is -0.136. The molecule has 20 heavy (non-hydrogen) atoms. The molecule has 106 valence electrons. The summed E-state index contributed by atoms with van der Waals surface area (Å²) < 4.78 is 0. The summed E-state index contributed by atoms with van der Waals surface area (Å²) in [5.41, 5.74) is -0.102. The molecule has 1 unspecified atom stereocenters. The third-order valence-electron chi connectivity index (χ3n) is 2.69. The smallest absolute Gasteiger partial charge is 0.254 e. The van der Waals surface area contributed by atoms with Crippen LogP contribution in [0.5, 0.6) is 0 Å². The highest BCUT2D eigenvalue weighted by molar-refractivity contribution is 6.04. The zero-order valence-electron chi connectivity index (χ0n) is 11.0. The first-order valence-electron chi connectivity index (χ1n) is 6.00. The van der Waals surface area contributed by atoms with Crippen LogP contribution in [-0.2, 0) is 14.4 Å². The van der Waals surface area contributed by atoms with Crippen molar-refractivity contribution in [2.45, 2.75) is 25.8 Å². The highest BCUT2D eigenvalue weighted by Crippen LogP contribution is 2.11. The molecule has 3 amide bonds. The zero-order valence-corrected chi connectivity index (χ0v) is 11.0. The number of nitrogens with one attached hydrogen (secondary N) is 2. The molecule has 1 aliphatic rings. The number of nitroso groups, excluding NO2 is 1. The minimum atomic E-state index is -0.811. The minimum absolute atomic E-state index is 0.0252. The van der Waals surface area contributed by atoms with E-state index in [1.165, 1.54) is 12.2 Å². The summed E-state index contributed by atoms with van der Waals surface area (Å²) in [6.07, 6.45) is 4.48. The number of hydrogen-bond acceptors (Lipinski definition) is 5. The number of rotatable bonds is 5. The molecule has 1 aliphatic heterocycles. The lowest BCUT2D eigenvalue weighted by Crippen LogP contribution is -2.52. The third kappa shape index (κ3) is 3.71. The Bertz CT molecular complexity index is 520. The summed E-state index contributed by atoms with van der Waals surface area (Å²) in [6, 6.07) is -0.811. The Labute approximate surface area is 115 Å². The van der Waals surface area contributed by atoms with Gasteiger partial charge in [-0.05, 0) is 24.6 Å². The first kappa shape index (κ1) is 15.5. The lowest BCUT2D eigenvalue weighted by Gasteiger charge is -2.22. The Kier molecular flexibility index (Phi) is 5.52. The van der Waals surface area contributed by atoms with Crippen LogP contribution in [0.15, 0.2) is 41.3 Å². The van der Waals surface area contributed by atoms with Gasteiger partial charge < -0.3 is 5.32 Å². The van der Waals surface area contributed by atoms with Crippen LogP contribution >= 0.6 is 0 Å². The molecular weight excluding hydrogens is 262 g/mol. The van der Waals surface area contributed by atoms with Gasteiger partial charge in [0.05, 0.1) is 5.57 Å². The van der Waals surface area contributed by atoms with Crippen LogP contribution in [-0.4, -0.2) is 23.8 Å². The Morgan fingerprint density at radius 2 is 2.20 bits per heavy atom. The molecule has 0 aromatic carbocycles.